The van der Waals surface area contributed by atoms with Gasteiger partial charge in [-0.15, -0.1) is 0 Å². The van der Waals surface area contributed by atoms with Gasteiger partial charge in [0.15, 0.2) is 6.29 Å². The van der Waals surface area contributed by atoms with Crippen LogP contribution >= 0.6 is 0 Å². The highest BCUT2D eigenvalue weighted by Crippen LogP contribution is 2.29. The van der Waals surface area contributed by atoms with E-state index in [9.17, 15) is 14.9 Å². The van der Waals surface area contributed by atoms with Crippen molar-refractivity contribution in [1.29, 1.82) is 0 Å². The zero-order valence-electron chi connectivity index (χ0n) is 11.0. The molecule has 0 aliphatic heterocycles. The number of nitro benzene ring substituents is 1. The number of hydrogen-bond acceptors (Lipinski definition) is 4. The van der Waals surface area contributed by atoms with E-state index < -0.39 is 4.92 Å². The summed E-state index contributed by atoms with van der Waals surface area (Å²) in [6, 6.07) is 13.9. The predicted octanol–water partition coefficient (Wildman–Crippen LogP) is 3.57. The normalized spacial score (nSPS) is 10.1. The molecule has 2 aromatic rings. The van der Waals surface area contributed by atoms with Gasteiger partial charge in [0.2, 0.25) is 0 Å². The van der Waals surface area contributed by atoms with E-state index in [2.05, 4.69) is 0 Å². The van der Waals surface area contributed by atoms with Crippen LogP contribution < -0.4 is 4.90 Å². The molecule has 0 bridgehead atoms. The lowest BCUT2D eigenvalue weighted by atomic mass is 10.1. The number of para-hydroxylation sites is 1. The number of rotatable bonds is 5. The number of benzene rings is 2. The minimum absolute atomic E-state index is 0.0834. The van der Waals surface area contributed by atoms with Crippen LogP contribution in [0.25, 0.3) is 0 Å². The summed E-state index contributed by atoms with van der Waals surface area (Å²) < 4.78 is 0. The number of nitro groups is 1. The van der Waals surface area contributed by atoms with Crippen molar-refractivity contribution in [3.63, 3.8) is 0 Å². The minimum Gasteiger partial charge on any atom is -0.341 e. The Morgan fingerprint density at radius 3 is 2.45 bits per heavy atom. The Morgan fingerprint density at radius 1 is 1.20 bits per heavy atom. The van der Waals surface area contributed by atoms with E-state index in [0.29, 0.717) is 24.1 Å². The molecule has 20 heavy (non-hydrogen) atoms. The Labute approximate surface area is 116 Å². The quantitative estimate of drug-likeness (QED) is 0.473. The Balaban J connectivity index is 2.50. The summed E-state index contributed by atoms with van der Waals surface area (Å²) in [4.78, 5) is 23.4. The van der Waals surface area contributed by atoms with Gasteiger partial charge in [-0.25, -0.2) is 0 Å². The van der Waals surface area contributed by atoms with Crippen LogP contribution in [0, 0.1) is 10.1 Å². The number of hydrogen-bond donors (Lipinski definition) is 0. The van der Waals surface area contributed by atoms with Crippen LogP contribution in [0.1, 0.15) is 17.3 Å². The Morgan fingerprint density at radius 2 is 1.90 bits per heavy atom. The maximum atomic E-state index is 11.2. The van der Waals surface area contributed by atoms with Crippen molar-refractivity contribution in [2.75, 3.05) is 11.4 Å². The van der Waals surface area contributed by atoms with E-state index in [0.717, 1.165) is 5.69 Å². The fourth-order valence-electron chi connectivity index (χ4n) is 2.10. The fourth-order valence-corrected chi connectivity index (χ4v) is 2.10. The van der Waals surface area contributed by atoms with Gasteiger partial charge in [-0.1, -0.05) is 18.2 Å². The van der Waals surface area contributed by atoms with Gasteiger partial charge >= 0.3 is 0 Å². The third-order valence-electron chi connectivity index (χ3n) is 3.02. The highest BCUT2D eigenvalue weighted by molar-refractivity contribution is 5.88. The Kier molecular flexibility index (Phi) is 4.10. The molecule has 0 aliphatic rings. The molecule has 0 saturated heterocycles. The molecule has 0 fully saturated rings. The standard InChI is InChI=1S/C15H14N2O3/c1-2-16(13-6-4-3-5-7-13)15-9-8-14(17(19)20)10-12(15)11-18/h3-11H,2H2,1H3. The number of aldehydes is 1. The van der Waals surface area contributed by atoms with E-state index in [1.165, 1.54) is 12.1 Å². The molecule has 0 aliphatic carbocycles. The third kappa shape index (κ3) is 2.66. The SMILES string of the molecule is CCN(c1ccccc1)c1ccc([N+](=O)[O-])cc1C=O. The molecule has 5 heteroatoms. The molecule has 2 aromatic carbocycles. The summed E-state index contributed by atoms with van der Waals surface area (Å²) in [5.74, 6) is 0. The lowest BCUT2D eigenvalue weighted by Gasteiger charge is -2.24. The maximum Gasteiger partial charge on any atom is 0.270 e. The van der Waals surface area contributed by atoms with E-state index in [1.54, 1.807) is 6.07 Å². The van der Waals surface area contributed by atoms with E-state index in [4.69, 9.17) is 0 Å². The van der Waals surface area contributed by atoms with Gasteiger partial charge in [-0.2, -0.15) is 0 Å². The molecule has 0 N–H and O–H groups in total. The molecule has 2 rings (SSSR count). The third-order valence-corrected chi connectivity index (χ3v) is 3.02. The molecule has 0 heterocycles. The van der Waals surface area contributed by atoms with Crippen LogP contribution in [-0.2, 0) is 0 Å². The maximum absolute atomic E-state index is 11.2. The van der Waals surface area contributed by atoms with Crippen LogP contribution in [0.15, 0.2) is 48.5 Å². The molecular weight excluding hydrogens is 256 g/mol. The monoisotopic (exact) mass is 270 g/mol. The van der Waals surface area contributed by atoms with E-state index in [1.807, 2.05) is 42.2 Å². The molecule has 0 radical (unpaired) electrons. The summed E-state index contributed by atoms with van der Waals surface area (Å²) in [6.07, 6.45) is 0.647. The fraction of sp³-hybridized carbons (Fsp3) is 0.133. The molecule has 5 nitrogen and oxygen atoms in total. The number of non-ortho nitro benzene ring substituents is 1. The molecule has 0 spiro atoms. The smallest absolute Gasteiger partial charge is 0.270 e. The van der Waals surface area contributed by atoms with Crippen molar-refractivity contribution in [3.8, 4) is 0 Å². The molecule has 0 unspecified atom stereocenters. The average Bonchev–Trinajstić information content (AvgIpc) is 2.49. The first-order valence-electron chi connectivity index (χ1n) is 6.23. The second-order valence-electron chi connectivity index (χ2n) is 4.20. The Bertz CT molecular complexity index is 626. The van der Waals surface area contributed by atoms with Crippen LogP contribution in [-0.4, -0.2) is 17.8 Å². The van der Waals surface area contributed by atoms with Crippen molar-refractivity contribution in [1.82, 2.24) is 0 Å². The largest absolute Gasteiger partial charge is 0.341 e. The number of carbonyl (C=O) groups excluding carboxylic acids is 1. The average molecular weight is 270 g/mol. The Hall–Kier alpha value is -2.69. The van der Waals surface area contributed by atoms with Gasteiger partial charge in [0.1, 0.15) is 0 Å². The molecule has 0 aromatic heterocycles. The van der Waals surface area contributed by atoms with Crippen LogP contribution in [0.5, 0.6) is 0 Å². The summed E-state index contributed by atoms with van der Waals surface area (Å²) in [5, 5.41) is 10.8. The number of anilines is 2. The number of nitrogens with zero attached hydrogens (tertiary/aromatic N) is 2. The zero-order valence-corrected chi connectivity index (χ0v) is 11.0. The zero-order chi connectivity index (χ0) is 14.5. The van der Waals surface area contributed by atoms with Gasteiger partial charge in [0.05, 0.1) is 10.6 Å². The molecule has 0 saturated carbocycles. The van der Waals surface area contributed by atoms with Crippen molar-refractivity contribution in [3.05, 3.63) is 64.2 Å². The molecule has 0 amide bonds. The van der Waals surface area contributed by atoms with Crippen molar-refractivity contribution in [2.45, 2.75) is 6.92 Å². The highest BCUT2D eigenvalue weighted by Gasteiger charge is 2.15. The molecule has 0 atom stereocenters. The molecule has 102 valence electrons. The van der Waals surface area contributed by atoms with Gasteiger partial charge in [0.25, 0.3) is 5.69 Å². The van der Waals surface area contributed by atoms with Crippen molar-refractivity contribution < 1.29 is 9.72 Å². The van der Waals surface area contributed by atoms with Gasteiger partial charge in [-0.05, 0) is 25.1 Å². The van der Waals surface area contributed by atoms with Crippen LogP contribution in [0.2, 0.25) is 0 Å². The van der Waals surface area contributed by atoms with E-state index >= 15 is 0 Å². The van der Waals surface area contributed by atoms with Crippen LogP contribution in [0.3, 0.4) is 0 Å². The van der Waals surface area contributed by atoms with Gasteiger partial charge < -0.3 is 4.90 Å². The lowest BCUT2D eigenvalue weighted by Crippen LogP contribution is -2.17. The highest BCUT2D eigenvalue weighted by atomic mass is 16.6. The second-order valence-corrected chi connectivity index (χ2v) is 4.20. The first-order valence-corrected chi connectivity index (χ1v) is 6.23. The molecular formula is C15H14N2O3. The first kappa shape index (κ1) is 13.7. The van der Waals surface area contributed by atoms with E-state index in [-0.39, 0.29) is 5.69 Å². The summed E-state index contributed by atoms with van der Waals surface area (Å²) in [6.45, 7) is 2.62. The summed E-state index contributed by atoms with van der Waals surface area (Å²) in [7, 11) is 0. The lowest BCUT2D eigenvalue weighted by molar-refractivity contribution is -0.384. The topological polar surface area (TPSA) is 63.4 Å². The van der Waals surface area contributed by atoms with Crippen molar-refractivity contribution in [2.24, 2.45) is 0 Å². The van der Waals surface area contributed by atoms with Crippen LogP contribution in [0.4, 0.5) is 17.1 Å². The second kappa shape index (κ2) is 5.97. The first-order chi connectivity index (χ1) is 9.67. The predicted molar refractivity (Wildman–Crippen MR) is 77.6 cm³/mol. The minimum atomic E-state index is -0.504. The summed E-state index contributed by atoms with van der Waals surface area (Å²) >= 11 is 0. The van der Waals surface area contributed by atoms with Crippen molar-refractivity contribution >= 4 is 23.3 Å². The van der Waals surface area contributed by atoms with Gasteiger partial charge in [0, 0.05) is 29.9 Å². The summed E-state index contributed by atoms with van der Waals surface area (Å²) in [5.41, 5.74) is 1.83. The van der Waals surface area contributed by atoms with Gasteiger partial charge in [-0.3, -0.25) is 14.9 Å². The number of carbonyl (C=O) groups is 1.